The van der Waals surface area contributed by atoms with E-state index in [4.69, 9.17) is 9.47 Å². The van der Waals surface area contributed by atoms with Crippen molar-refractivity contribution in [3.05, 3.63) is 53.1 Å². The van der Waals surface area contributed by atoms with Crippen molar-refractivity contribution in [3.8, 4) is 17.2 Å². The summed E-state index contributed by atoms with van der Waals surface area (Å²) >= 11 is 0. The first-order chi connectivity index (χ1) is 15.1. The molecule has 1 N–H and O–H groups in total. The van der Waals surface area contributed by atoms with Crippen LogP contribution < -0.4 is 14.8 Å². The van der Waals surface area contributed by atoms with Gasteiger partial charge in [0.1, 0.15) is 5.75 Å². The first kappa shape index (κ1) is 20.4. The fourth-order valence-electron chi connectivity index (χ4n) is 5.91. The summed E-state index contributed by atoms with van der Waals surface area (Å²) in [6.45, 7) is 5.42. The minimum absolute atomic E-state index is 0.0543. The van der Waals surface area contributed by atoms with Crippen LogP contribution in [0.15, 0.2) is 36.4 Å². The van der Waals surface area contributed by atoms with Crippen LogP contribution in [0.25, 0.3) is 0 Å². The highest BCUT2D eigenvalue weighted by molar-refractivity contribution is 5.95. The number of carbonyl (C=O) groups excluding carboxylic acids is 1. The van der Waals surface area contributed by atoms with E-state index in [9.17, 15) is 4.79 Å². The Labute approximate surface area is 184 Å². The zero-order valence-electron chi connectivity index (χ0n) is 18.7. The molecule has 3 unspecified atom stereocenters. The number of ether oxygens (including phenoxy) is 2. The predicted octanol–water partition coefficient (Wildman–Crippen LogP) is 4.95. The Hall–Kier alpha value is -2.53. The van der Waals surface area contributed by atoms with Gasteiger partial charge in [0.2, 0.25) is 0 Å². The fourth-order valence-corrected chi connectivity index (χ4v) is 5.91. The average molecular weight is 421 g/mol. The van der Waals surface area contributed by atoms with E-state index in [1.54, 1.807) is 7.11 Å². The van der Waals surface area contributed by atoms with E-state index in [0.29, 0.717) is 36.7 Å². The number of carbonyl (C=O) groups is 1. The van der Waals surface area contributed by atoms with Crippen LogP contribution in [0, 0.1) is 5.92 Å². The molecule has 3 aliphatic rings. The summed E-state index contributed by atoms with van der Waals surface area (Å²) in [5, 5.41) is 3.77. The highest BCUT2D eigenvalue weighted by atomic mass is 16.5. The van der Waals surface area contributed by atoms with Gasteiger partial charge in [-0.3, -0.25) is 4.79 Å². The predicted molar refractivity (Wildman–Crippen MR) is 121 cm³/mol. The molecule has 0 spiro atoms. The lowest BCUT2D eigenvalue weighted by atomic mass is 9.73. The van der Waals surface area contributed by atoms with Gasteiger partial charge < -0.3 is 19.7 Å². The molecule has 2 saturated heterocycles. The van der Waals surface area contributed by atoms with Gasteiger partial charge >= 0.3 is 0 Å². The Morgan fingerprint density at radius 3 is 2.52 bits per heavy atom. The molecular weight excluding hydrogens is 388 g/mol. The molecule has 1 amide bonds. The van der Waals surface area contributed by atoms with E-state index in [2.05, 4.69) is 23.5 Å². The molecule has 3 aliphatic heterocycles. The van der Waals surface area contributed by atoms with Gasteiger partial charge in [-0.25, -0.2) is 0 Å². The monoisotopic (exact) mass is 420 g/mol. The Balaban J connectivity index is 1.58. The molecule has 164 valence electrons. The Kier molecular flexibility index (Phi) is 5.39. The number of hydrogen-bond acceptors (Lipinski definition) is 4. The number of nitrogens with zero attached hydrogens (tertiary/aromatic N) is 1. The maximum atomic E-state index is 13.0. The molecular formula is C26H32N2O3. The van der Waals surface area contributed by atoms with Crippen LogP contribution in [-0.4, -0.2) is 43.1 Å². The lowest BCUT2D eigenvalue weighted by Gasteiger charge is -2.39. The first-order valence-electron chi connectivity index (χ1n) is 11.7. The number of amides is 1. The van der Waals surface area contributed by atoms with E-state index in [1.807, 2.05) is 36.9 Å². The number of methoxy groups -OCH3 is 1. The minimum Gasteiger partial charge on any atom is -0.493 e. The number of piperidine rings is 1. The molecule has 0 aromatic heterocycles. The molecule has 2 aromatic carbocycles. The molecule has 3 heterocycles. The number of benzene rings is 2. The zero-order valence-corrected chi connectivity index (χ0v) is 18.7. The van der Waals surface area contributed by atoms with Crippen LogP contribution in [-0.2, 0) is 0 Å². The average Bonchev–Trinajstić information content (AvgIpc) is 3.14. The fraction of sp³-hybridized carbons (Fsp3) is 0.500. The maximum Gasteiger partial charge on any atom is 0.253 e. The molecule has 0 saturated carbocycles. The van der Waals surface area contributed by atoms with Crippen molar-refractivity contribution in [3.63, 3.8) is 0 Å². The Morgan fingerprint density at radius 2 is 1.84 bits per heavy atom. The van der Waals surface area contributed by atoms with Crippen LogP contribution >= 0.6 is 0 Å². The Bertz CT molecular complexity index is 973. The highest BCUT2D eigenvalue weighted by Crippen LogP contribution is 2.54. The topological polar surface area (TPSA) is 50.8 Å². The van der Waals surface area contributed by atoms with Crippen molar-refractivity contribution < 1.29 is 14.3 Å². The quantitative estimate of drug-likeness (QED) is 0.744. The van der Waals surface area contributed by atoms with Crippen molar-refractivity contribution >= 4 is 5.91 Å². The van der Waals surface area contributed by atoms with Gasteiger partial charge in [0.25, 0.3) is 5.91 Å². The third kappa shape index (κ3) is 3.49. The van der Waals surface area contributed by atoms with Crippen LogP contribution in [0.5, 0.6) is 17.2 Å². The maximum absolute atomic E-state index is 13.0. The summed E-state index contributed by atoms with van der Waals surface area (Å²) in [7, 11) is 1.69. The molecule has 3 atom stereocenters. The van der Waals surface area contributed by atoms with E-state index >= 15 is 0 Å². The summed E-state index contributed by atoms with van der Waals surface area (Å²) in [6.07, 6.45) is 4.91. The summed E-state index contributed by atoms with van der Waals surface area (Å²) in [4.78, 5) is 14.8. The molecule has 5 nitrogen and oxygen atoms in total. The lowest BCUT2D eigenvalue weighted by Crippen LogP contribution is -2.40. The van der Waals surface area contributed by atoms with Crippen molar-refractivity contribution in [1.29, 1.82) is 0 Å². The third-order valence-electron chi connectivity index (χ3n) is 7.40. The SMILES string of the molecule is CCN(CC)C(=O)c1ccc2c(c1)Oc1c(OC)cccc1C2C1CC2CCC(C1)N2. The molecule has 0 aliphatic carbocycles. The smallest absolute Gasteiger partial charge is 0.253 e. The number of hydrogen-bond donors (Lipinski definition) is 1. The largest absolute Gasteiger partial charge is 0.493 e. The van der Waals surface area contributed by atoms with Gasteiger partial charge in [-0.1, -0.05) is 18.2 Å². The third-order valence-corrected chi connectivity index (χ3v) is 7.40. The van der Waals surface area contributed by atoms with Gasteiger partial charge in [0, 0.05) is 47.8 Å². The van der Waals surface area contributed by atoms with E-state index < -0.39 is 0 Å². The zero-order chi connectivity index (χ0) is 21.5. The van der Waals surface area contributed by atoms with Gasteiger partial charge in [-0.15, -0.1) is 0 Å². The molecule has 5 heteroatoms. The molecule has 2 bridgehead atoms. The Morgan fingerprint density at radius 1 is 1.10 bits per heavy atom. The van der Waals surface area contributed by atoms with Crippen LogP contribution in [0.2, 0.25) is 0 Å². The number of nitrogens with one attached hydrogen (secondary N) is 1. The molecule has 31 heavy (non-hydrogen) atoms. The van der Waals surface area contributed by atoms with Gasteiger partial charge in [-0.05, 0) is 63.6 Å². The van der Waals surface area contributed by atoms with Gasteiger partial charge in [0.15, 0.2) is 11.5 Å². The second-order valence-corrected chi connectivity index (χ2v) is 9.06. The van der Waals surface area contributed by atoms with Crippen molar-refractivity contribution in [2.45, 2.75) is 57.5 Å². The standard InChI is InChI=1S/C26H32N2O3/c1-4-28(5-2)26(29)16-9-12-20-23(15-16)31-25-21(7-6-8-22(25)30-3)24(20)17-13-18-10-11-19(14-17)27-18/h6-9,12,15,17-19,24,27H,4-5,10-11,13-14H2,1-3H3. The summed E-state index contributed by atoms with van der Waals surface area (Å²) in [6, 6.07) is 13.5. The second kappa shape index (κ2) is 8.19. The number of rotatable bonds is 5. The van der Waals surface area contributed by atoms with Crippen molar-refractivity contribution in [2.24, 2.45) is 5.92 Å². The summed E-state index contributed by atoms with van der Waals surface area (Å²) in [5.74, 6) is 3.23. The molecule has 2 aromatic rings. The minimum atomic E-state index is 0.0543. The lowest BCUT2D eigenvalue weighted by molar-refractivity contribution is 0.0772. The highest BCUT2D eigenvalue weighted by Gasteiger charge is 2.41. The van der Waals surface area contributed by atoms with E-state index in [-0.39, 0.29) is 11.8 Å². The van der Waals surface area contributed by atoms with Crippen LogP contribution in [0.3, 0.4) is 0 Å². The molecule has 0 radical (unpaired) electrons. The van der Waals surface area contributed by atoms with Crippen LogP contribution in [0.4, 0.5) is 0 Å². The number of fused-ring (bicyclic) bond motifs is 4. The molecule has 5 rings (SSSR count). The van der Waals surface area contributed by atoms with Crippen molar-refractivity contribution in [2.75, 3.05) is 20.2 Å². The van der Waals surface area contributed by atoms with Crippen molar-refractivity contribution in [1.82, 2.24) is 10.2 Å². The second-order valence-electron chi connectivity index (χ2n) is 9.06. The van der Waals surface area contributed by atoms with Gasteiger partial charge in [-0.2, -0.15) is 0 Å². The normalized spacial score (nSPS) is 25.9. The van der Waals surface area contributed by atoms with Gasteiger partial charge in [0.05, 0.1) is 7.11 Å². The van der Waals surface area contributed by atoms with E-state index in [1.165, 1.54) is 36.8 Å². The van der Waals surface area contributed by atoms with Crippen LogP contribution in [0.1, 0.15) is 66.9 Å². The number of para-hydroxylation sites is 1. The molecule has 2 fully saturated rings. The van der Waals surface area contributed by atoms with E-state index in [0.717, 1.165) is 17.2 Å². The first-order valence-corrected chi connectivity index (χ1v) is 11.7. The summed E-state index contributed by atoms with van der Waals surface area (Å²) < 4.78 is 12.1. The summed E-state index contributed by atoms with van der Waals surface area (Å²) in [5.41, 5.74) is 3.09.